The highest BCUT2D eigenvalue weighted by atomic mass is 16.5. The minimum Gasteiger partial charge on any atom is -0.481 e. The van der Waals surface area contributed by atoms with Gasteiger partial charge in [0.1, 0.15) is 11.8 Å². The highest BCUT2D eigenvalue weighted by Crippen LogP contribution is 2.31. The van der Waals surface area contributed by atoms with Crippen molar-refractivity contribution in [3.8, 4) is 17.1 Å². The molecule has 11 nitrogen and oxygen atoms in total. The maximum Gasteiger partial charge on any atom is 0.253 e. The SMILES string of the molecule is COC[C@H]1CCCN1C(=O)[C@H]1CC[C@H](NC(=O)c2cc(-c3ccnc(OC)c3)n3ncnc(N)c23)CC1. The lowest BCUT2D eigenvalue weighted by molar-refractivity contribution is -0.138. The molecule has 1 aliphatic carbocycles. The molecule has 3 aromatic rings. The highest BCUT2D eigenvalue weighted by Gasteiger charge is 2.35. The fourth-order valence-corrected chi connectivity index (χ4v) is 5.60. The zero-order valence-corrected chi connectivity index (χ0v) is 21.2. The Morgan fingerprint density at radius 3 is 2.70 bits per heavy atom. The van der Waals surface area contributed by atoms with E-state index < -0.39 is 0 Å². The number of carbonyl (C=O) groups excluding carboxylic acids is 2. The normalized spacial score (nSPS) is 21.8. The number of likely N-dealkylation sites (tertiary alicyclic amines) is 1. The van der Waals surface area contributed by atoms with Crippen LogP contribution in [0.5, 0.6) is 5.88 Å². The van der Waals surface area contributed by atoms with Crippen LogP contribution in [0.1, 0.15) is 48.9 Å². The van der Waals surface area contributed by atoms with Crippen molar-refractivity contribution >= 4 is 23.1 Å². The molecule has 3 aromatic heterocycles. The number of hydrogen-bond donors (Lipinski definition) is 2. The molecule has 0 unspecified atom stereocenters. The summed E-state index contributed by atoms with van der Waals surface area (Å²) >= 11 is 0. The highest BCUT2D eigenvalue weighted by molar-refractivity contribution is 6.05. The van der Waals surface area contributed by atoms with E-state index in [1.807, 2.05) is 11.0 Å². The van der Waals surface area contributed by atoms with Crippen LogP contribution in [0, 0.1) is 5.92 Å². The van der Waals surface area contributed by atoms with E-state index >= 15 is 0 Å². The number of aromatic nitrogens is 4. The van der Waals surface area contributed by atoms with Gasteiger partial charge in [-0.25, -0.2) is 14.5 Å². The predicted molar refractivity (Wildman–Crippen MR) is 137 cm³/mol. The molecular weight excluding hydrogens is 474 g/mol. The van der Waals surface area contributed by atoms with Gasteiger partial charge in [0.15, 0.2) is 5.82 Å². The molecule has 0 aromatic carbocycles. The summed E-state index contributed by atoms with van der Waals surface area (Å²) in [5.41, 5.74) is 8.50. The van der Waals surface area contributed by atoms with Crippen LogP contribution in [0.25, 0.3) is 16.8 Å². The van der Waals surface area contributed by atoms with Crippen molar-refractivity contribution in [2.45, 2.75) is 50.6 Å². The number of nitrogens with zero attached hydrogens (tertiary/aromatic N) is 5. The monoisotopic (exact) mass is 507 g/mol. The molecule has 1 atom stereocenters. The molecule has 11 heteroatoms. The Kier molecular flexibility index (Phi) is 7.22. The Balaban J connectivity index is 1.29. The van der Waals surface area contributed by atoms with Crippen LogP contribution in [-0.4, -0.2) is 75.8 Å². The lowest BCUT2D eigenvalue weighted by Gasteiger charge is -2.33. The Hall–Kier alpha value is -3.73. The molecule has 0 radical (unpaired) electrons. The summed E-state index contributed by atoms with van der Waals surface area (Å²) in [6.45, 7) is 1.39. The standard InChI is InChI=1S/C26H33N7O4/c1-36-14-19-4-3-11-32(19)26(35)16-5-7-18(8-6-16)31-25(34)20-13-21(17-9-10-28-22(12-17)37-2)33-23(20)24(27)29-15-30-33/h9-10,12-13,15-16,18-19H,3-8,11,14H2,1-2H3,(H,31,34)(H2,27,29,30)/t16-,18-,19-/m1/s1. The van der Waals surface area contributed by atoms with Gasteiger partial charge >= 0.3 is 0 Å². The second-order valence-electron chi connectivity index (χ2n) is 9.74. The first-order chi connectivity index (χ1) is 18.0. The summed E-state index contributed by atoms with van der Waals surface area (Å²) in [6, 6.07) is 5.52. The third-order valence-electron chi connectivity index (χ3n) is 7.50. The molecule has 1 saturated carbocycles. The molecule has 4 heterocycles. The van der Waals surface area contributed by atoms with E-state index in [9.17, 15) is 9.59 Å². The van der Waals surface area contributed by atoms with E-state index in [1.54, 1.807) is 37.1 Å². The van der Waals surface area contributed by atoms with Gasteiger partial charge in [-0.3, -0.25) is 9.59 Å². The number of fused-ring (bicyclic) bond motifs is 1. The summed E-state index contributed by atoms with van der Waals surface area (Å²) in [7, 11) is 3.23. The minimum atomic E-state index is -0.235. The minimum absolute atomic E-state index is 0.00163. The summed E-state index contributed by atoms with van der Waals surface area (Å²) < 4.78 is 12.2. The fraction of sp³-hybridized carbons (Fsp3) is 0.500. The Morgan fingerprint density at radius 1 is 1.14 bits per heavy atom. The molecule has 5 rings (SSSR count). The summed E-state index contributed by atoms with van der Waals surface area (Å²) in [5.74, 6) is 0.663. The Labute approximate surface area is 215 Å². The zero-order valence-electron chi connectivity index (χ0n) is 21.2. The van der Waals surface area contributed by atoms with Gasteiger partial charge in [0, 0.05) is 43.4 Å². The van der Waals surface area contributed by atoms with Gasteiger partial charge in [0.05, 0.1) is 31.0 Å². The van der Waals surface area contributed by atoms with Crippen molar-refractivity contribution in [2.75, 3.05) is 33.1 Å². The second kappa shape index (κ2) is 10.7. The number of amides is 2. The number of anilines is 1. The molecule has 2 aliphatic rings. The number of methoxy groups -OCH3 is 2. The van der Waals surface area contributed by atoms with E-state index in [0.29, 0.717) is 29.3 Å². The van der Waals surface area contributed by atoms with Crippen molar-refractivity contribution in [1.82, 2.24) is 29.8 Å². The van der Waals surface area contributed by atoms with E-state index in [1.165, 1.54) is 6.33 Å². The van der Waals surface area contributed by atoms with E-state index in [2.05, 4.69) is 20.4 Å². The van der Waals surface area contributed by atoms with Crippen LogP contribution in [0.3, 0.4) is 0 Å². The number of pyridine rings is 1. The number of nitrogens with two attached hydrogens (primary N) is 1. The lowest BCUT2D eigenvalue weighted by atomic mass is 9.85. The van der Waals surface area contributed by atoms with Gasteiger partial charge in [-0.15, -0.1) is 0 Å². The van der Waals surface area contributed by atoms with Gasteiger partial charge < -0.3 is 25.4 Å². The van der Waals surface area contributed by atoms with Gasteiger partial charge in [0.25, 0.3) is 5.91 Å². The molecule has 196 valence electrons. The number of nitrogens with one attached hydrogen (secondary N) is 1. The maximum atomic E-state index is 13.4. The van der Waals surface area contributed by atoms with Crippen LogP contribution < -0.4 is 15.8 Å². The summed E-state index contributed by atoms with van der Waals surface area (Å²) in [4.78, 5) is 36.8. The van der Waals surface area contributed by atoms with Crippen molar-refractivity contribution in [1.29, 1.82) is 0 Å². The third kappa shape index (κ3) is 4.95. The quantitative estimate of drug-likeness (QED) is 0.497. The maximum absolute atomic E-state index is 13.4. The van der Waals surface area contributed by atoms with Crippen LogP contribution in [0.15, 0.2) is 30.7 Å². The fourth-order valence-electron chi connectivity index (χ4n) is 5.60. The summed E-state index contributed by atoms with van der Waals surface area (Å²) in [5, 5.41) is 7.50. The lowest BCUT2D eigenvalue weighted by Crippen LogP contribution is -2.44. The molecule has 0 spiro atoms. The summed E-state index contributed by atoms with van der Waals surface area (Å²) in [6.07, 6.45) is 8.02. The predicted octanol–water partition coefficient (Wildman–Crippen LogP) is 2.31. The molecule has 2 fully saturated rings. The van der Waals surface area contributed by atoms with Crippen LogP contribution in [0.4, 0.5) is 5.82 Å². The second-order valence-corrected chi connectivity index (χ2v) is 9.74. The number of hydrogen-bond acceptors (Lipinski definition) is 8. The molecule has 1 saturated heterocycles. The Bertz CT molecular complexity index is 1290. The molecule has 3 N–H and O–H groups in total. The third-order valence-corrected chi connectivity index (χ3v) is 7.50. The van der Waals surface area contributed by atoms with Crippen LogP contribution in [-0.2, 0) is 9.53 Å². The van der Waals surface area contributed by atoms with E-state index in [4.69, 9.17) is 15.2 Å². The Morgan fingerprint density at radius 2 is 1.95 bits per heavy atom. The van der Waals surface area contributed by atoms with Crippen molar-refractivity contribution in [3.63, 3.8) is 0 Å². The molecule has 37 heavy (non-hydrogen) atoms. The van der Waals surface area contributed by atoms with Crippen molar-refractivity contribution in [3.05, 3.63) is 36.3 Å². The van der Waals surface area contributed by atoms with Crippen molar-refractivity contribution < 1.29 is 19.1 Å². The molecule has 0 bridgehead atoms. The van der Waals surface area contributed by atoms with Crippen molar-refractivity contribution in [2.24, 2.45) is 5.92 Å². The number of rotatable bonds is 7. The van der Waals surface area contributed by atoms with Gasteiger partial charge in [-0.2, -0.15) is 5.10 Å². The molecular formula is C26H33N7O4. The first kappa shape index (κ1) is 24.9. The van der Waals surface area contributed by atoms with E-state index in [0.717, 1.165) is 50.6 Å². The average Bonchev–Trinajstić information content (AvgIpc) is 3.55. The van der Waals surface area contributed by atoms with Gasteiger partial charge in [-0.05, 0) is 50.7 Å². The van der Waals surface area contributed by atoms with Gasteiger partial charge in [-0.1, -0.05) is 0 Å². The molecule has 1 aliphatic heterocycles. The van der Waals surface area contributed by atoms with Crippen LogP contribution >= 0.6 is 0 Å². The number of ether oxygens (including phenoxy) is 2. The topological polar surface area (TPSA) is 137 Å². The van der Waals surface area contributed by atoms with Gasteiger partial charge in [0.2, 0.25) is 11.8 Å². The number of nitrogen functional groups attached to an aromatic ring is 1. The smallest absolute Gasteiger partial charge is 0.253 e. The van der Waals surface area contributed by atoms with E-state index in [-0.39, 0.29) is 35.6 Å². The average molecular weight is 508 g/mol. The van der Waals surface area contributed by atoms with Crippen LogP contribution in [0.2, 0.25) is 0 Å². The largest absolute Gasteiger partial charge is 0.481 e. The molecule has 2 amide bonds. The number of carbonyl (C=O) groups is 2. The first-order valence-electron chi connectivity index (χ1n) is 12.7. The zero-order chi connectivity index (χ0) is 25.9. The first-order valence-corrected chi connectivity index (χ1v) is 12.7.